The molecule has 0 bridgehead atoms. The molecule has 1 aliphatic rings. The van der Waals surface area contributed by atoms with Crippen molar-refractivity contribution in [3.05, 3.63) is 35.3 Å². The van der Waals surface area contributed by atoms with Gasteiger partial charge in [0.15, 0.2) is 10.7 Å². The first-order valence-electron chi connectivity index (χ1n) is 8.73. The summed E-state index contributed by atoms with van der Waals surface area (Å²) in [4.78, 5) is 16.7. The number of rotatable bonds is 7. The highest BCUT2D eigenvalue weighted by Crippen LogP contribution is 2.42. The number of anilines is 2. The minimum absolute atomic E-state index is 0.0146. The molecule has 1 saturated heterocycles. The summed E-state index contributed by atoms with van der Waals surface area (Å²) in [5.41, 5.74) is 1.14. The van der Waals surface area contributed by atoms with Gasteiger partial charge in [-0.3, -0.25) is 4.79 Å². The Labute approximate surface area is 152 Å². The number of carbonyl (C=O) groups excluding carboxylic acids is 1. The Kier molecular flexibility index (Phi) is 5.27. The summed E-state index contributed by atoms with van der Waals surface area (Å²) in [6.45, 7) is 6.66. The van der Waals surface area contributed by atoms with Crippen LogP contribution in [0.1, 0.15) is 45.7 Å². The zero-order chi connectivity index (χ0) is 17.9. The topological polar surface area (TPSA) is 60.4 Å². The number of cyclic esters (lactones) is 1. The van der Waals surface area contributed by atoms with Crippen molar-refractivity contribution in [2.75, 3.05) is 11.9 Å². The summed E-state index contributed by atoms with van der Waals surface area (Å²) in [6.07, 6.45) is 2.55. The Bertz CT molecular complexity index is 729. The van der Waals surface area contributed by atoms with E-state index < -0.39 is 5.60 Å². The molecule has 25 heavy (non-hydrogen) atoms. The molecule has 6 heteroatoms. The van der Waals surface area contributed by atoms with Gasteiger partial charge in [0.2, 0.25) is 0 Å². The number of aromatic nitrogens is 1. The first-order valence-corrected chi connectivity index (χ1v) is 9.60. The Hall–Kier alpha value is -2.08. The predicted molar refractivity (Wildman–Crippen MR) is 99.5 cm³/mol. The van der Waals surface area contributed by atoms with Crippen LogP contribution in [0.4, 0.5) is 10.8 Å². The van der Waals surface area contributed by atoms with Gasteiger partial charge in [-0.05, 0) is 44.5 Å². The third kappa shape index (κ3) is 3.95. The summed E-state index contributed by atoms with van der Waals surface area (Å²) in [6, 6.07) is 7.77. The van der Waals surface area contributed by atoms with Crippen LogP contribution in [-0.2, 0) is 15.1 Å². The molecule has 1 aliphatic heterocycles. The molecule has 1 N–H and O–H groups in total. The molecule has 0 aliphatic carbocycles. The Morgan fingerprint density at radius 2 is 2.12 bits per heavy atom. The van der Waals surface area contributed by atoms with E-state index in [4.69, 9.17) is 9.47 Å². The van der Waals surface area contributed by atoms with Crippen molar-refractivity contribution in [3.8, 4) is 5.75 Å². The van der Waals surface area contributed by atoms with Crippen LogP contribution in [0.2, 0.25) is 0 Å². The van der Waals surface area contributed by atoms with Crippen molar-refractivity contribution in [2.45, 2.75) is 45.6 Å². The minimum atomic E-state index is -0.619. The summed E-state index contributed by atoms with van der Waals surface area (Å²) in [5, 5.41) is 6.05. The van der Waals surface area contributed by atoms with Gasteiger partial charge < -0.3 is 14.8 Å². The third-order valence-corrected chi connectivity index (χ3v) is 5.15. The molecule has 2 heterocycles. The van der Waals surface area contributed by atoms with Crippen molar-refractivity contribution < 1.29 is 14.3 Å². The van der Waals surface area contributed by atoms with Gasteiger partial charge in [-0.2, -0.15) is 0 Å². The molecule has 5 nitrogen and oxygen atoms in total. The van der Waals surface area contributed by atoms with Crippen molar-refractivity contribution in [1.29, 1.82) is 0 Å². The lowest BCUT2D eigenvalue weighted by Crippen LogP contribution is -2.21. The maximum Gasteiger partial charge on any atom is 0.310 e. The van der Waals surface area contributed by atoms with Crippen molar-refractivity contribution >= 4 is 28.1 Å². The van der Waals surface area contributed by atoms with E-state index in [-0.39, 0.29) is 11.9 Å². The normalized spacial score (nSPS) is 22.7. The fourth-order valence-corrected chi connectivity index (χ4v) is 3.98. The van der Waals surface area contributed by atoms with Gasteiger partial charge in [0.05, 0.1) is 18.2 Å². The molecule has 0 unspecified atom stereocenters. The number of ether oxygens (including phenoxy) is 2. The van der Waals surface area contributed by atoms with Crippen LogP contribution in [0.25, 0.3) is 0 Å². The molecule has 2 aromatic rings. The van der Waals surface area contributed by atoms with Gasteiger partial charge in [0.25, 0.3) is 0 Å². The predicted octanol–water partition coefficient (Wildman–Crippen LogP) is 4.86. The van der Waals surface area contributed by atoms with Crippen LogP contribution in [0.5, 0.6) is 5.75 Å². The monoisotopic (exact) mass is 360 g/mol. The molecule has 134 valence electrons. The number of benzene rings is 1. The third-order valence-electron chi connectivity index (χ3n) is 4.39. The number of esters is 1. The van der Waals surface area contributed by atoms with Gasteiger partial charge in [0, 0.05) is 17.5 Å². The standard InChI is InChI=1S/C19H24N2O3S/c1-4-6-13-11-19(3,24-17(13)22)16-12-25-18(21-16)20-14-7-9-15(10-8-14)23-5-2/h7-10,12-13H,4-6,11H2,1-3H3,(H,20,21)/t13-,19+/m1/s1. The SMILES string of the molecule is CCC[C@@H]1C[C@@](C)(c2csc(Nc3ccc(OCC)cc3)n2)OC1=O. The van der Waals surface area contributed by atoms with E-state index in [0.29, 0.717) is 13.0 Å². The zero-order valence-electron chi connectivity index (χ0n) is 14.9. The average molecular weight is 360 g/mol. The molecule has 2 atom stereocenters. The highest BCUT2D eigenvalue weighted by atomic mass is 32.1. The van der Waals surface area contributed by atoms with Gasteiger partial charge in [-0.15, -0.1) is 11.3 Å². The number of nitrogens with one attached hydrogen (secondary N) is 1. The van der Waals surface area contributed by atoms with E-state index in [0.717, 1.165) is 35.1 Å². The van der Waals surface area contributed by atoms with Gasteiger partial charge >= 0.3 is 5.97 Å². The number of carbonyl (C=O) groups is 1. The van der Waals surface area contributed by atoms with Gasteiger partial charge in [-0.25, -0.2) is 4.98 Å². The first kappa shape index (κ1) is 17.7. The van der Waals surface area contributed by atoms with E-state index in [1.165, 1.54) is 11.3 Å². The van der Waals surface area contributed by atoms with E-state index >= 15 is 0 Å². The molecular weight excluding hydrogens is 336 g/mol. The zero-order valence-corrected chi connectivity index (χ0v) is 15.7. The van der Waals surface area contributed by atoms with Crippen LogP contribution in [-0.4, -0.2) is 17.6 Å². The van der Waals surface area contributed by atoms with Crippen LogP contribution in [0.3, 0.4) is 0 Å². The molecule has 1 aromatic carbocycles. The number of hydrogen-bond acceptors (Lipinski definition) is 6. The van der Waals surface area contributed by atoms with Crippen LogP contribution in [0.15, 0.2) is 29.6 Å². The Morgan fingerprint density at radius 3 is 2.80 bits per heavy atom. The van der Waals surface area contributed by atoms with Gasteiger partial charge in [0.1, 0.15) is 5.75 Å². The number of hydrogen-bond donors (Lipinski definition) is 1. The first-order chi connectivity index (χ1) is 12.0. The van der Waals surface area contributed by atoms with Crippen LogP contribution in [0, 0.1) is 5.92 Å². The lowest BCUT2D eigenvalue weighted by molar-refractivity contribution is -0.150. The molecule has 0 radical (unpaired) electrons. The second-order valence-electron chi connectivity index (χ2n) is 6.46. The Balaban J connectivity index is 1.69. The minimum Gasteiger partial charge on any atom is -0.494 e. The molecular formula is C19H24N2O3S. The van der Waals surface area contributed by atoms with Crippen molar-refractivity contribution in [1.82, 2.24) is 4.98 Å². The van der Waals surface area contributed by atoms with Crippen LogP contribution >= 0.6 is 11.3 Å². The molecule has 1 fully saturated rings. The molecule has 3 rings (SSSR count). The van der Waals surface area contributed by atoms with Crippen molar-refractivity contribution in [3.63, 3.8) is 0 Å². The highest BCUT2D eigenvalue weighted by molar-refractivity contribution is 7.13. The second kappa shape index (κ2) is 7.44. The maximum atomic E-state index is 12.1. The number of thiazole rings is 1. The quantitative estimate of drug-likeness (QED) is 0.714. The van der Waals surface area contributed by atoms with Crippen molar-refractivity contribution in [2.24, 2.45) is 5.92 Å². The van der Waals surface area contributed by atoms with E-state index in [1.54, 1.807) is 0 Å². The van der Waals surface area contributed by atoms with Crippen LogP contribution < -0.4 is 10.1 Å². The molecule has 1 aromatic heterocycles. The highest BCUT2D eigenvalue weighted by Gasteiger charge is 2.45. The fraction of sp³-hybridized carbons (Fsp3) is 0.474. The van der Waals surface area contributed by atoms with E-state index in [2.05, 4.69) is 17.2 Å². The van der Waals surface area contributed by atoms with E-state index in [1.807, 2.05) is 43.5 Å². The molecule has 0 spiro atoms. The summed E-state index contributed by atoms with van der Waals surface area (Å²) in [5.74, 6) is 0.734. The number of nitrogens with zero attached hydrogens (tertiary/aromatic N) is 1. The maximum absolute atomic E-state index is 12.1. The summed E-state index contributed by atoms with van der Waals surface area (Å²) < 4.78 is 11.1. The summed E-state index contributed by atoms with van der Waals surface area (Å²) in [7, 11) is 0. The molecule has 0 amide bonds. The summed E-state index contributed by atoms with van der Waals surface area (Å²) >= 11 is 1.52. The molecule has 0 saturated carbocycles. The van der Waals surface area contributed by atoms with Gasteiger partial charge in [-0.1, -0.05) is 13.3 Å². The average Bonchev–Trinajstić information content (AvgIpc) is 3.16. The second-order valence-corrected chi connectivity index (χ2v) is 7.32. The lowest BCUT2D eigenvalue weighted by Gasteiger charge is -2.19. The smallest absolute Gasteiger partial charge is 0.310 e. The van der Waals surface area contributed by atoms with E-state index in [9.17, 15) is 4.79 Å². The fourth-order valence-electron chi connectivity index (χ4n) is 3.12. The largest absolute Gasteiger partial charge is 0.494 e. The Morgan fingerprint density at radius 1 is 1.36 bits per heavy atom. The lowest BCUT2D eigenvalue weighted by atomic mass is 9.91.